The number of rotatable bonds is 10. The molecule has 0 aliphatic heterocycles. The summed E-state index contributed by atoms with van der Waals surface area (Å²) in [6.07, 6.45) is 1.26. The first-order valence-electron chi connectivity index (χ1n) is 10.8. The van der Waals surface area contributed by atoms with Crippen LogP contribution in [0.3, 0.4) is 0 Å². The molecule has 1 amide bonds. The van der Waals surface area contributed by atoms with Crippen molar-refractivity contribution in [2.45, 2.75) is 38.0 Å². The van der Waals surface area contributed by atoms with Gasteiger partial charge >= 0.3 is 0 Å². The molecule has 0 saturated heterocycles. The van der Waals surface area contributed by atoms with Crippen LogP contribution in [0.15, 0.2) is 47.4 Å². The van der Waals surface area contributed by atoms with Crippen molar-refractivity contribution in [2.24, 2.45) is 0 Å². The second kappa shape index (κ2) is 10.6. The van der Waals surface area contributed by atoms with Gasteiger partial charge in [0, 0.05) is 13.0 Å². The highest BCUT2D eigenvalue weighted by Crippen LogP contribution is 2.30. The predicted molar refractivity (Wildman–Crippen MR) is 132 cm³/mol. The molecule has 1 heterocycles. The van der Waals surface area contributed by atoms with Crippen molar-refractivity contribution in [3.05, 3.63) is 53.6 Å². The Balaban J connectivity index is 1.70. The van der Waals surface area contributed by atoms with E-state index in [0.29, 0.717) is 16.6 Å². The fourth-order valence-electron chi connectivity index (χ4n) is 3.42. The largest absolute Gasteiger partial charge is 0.309 e. The summed E-state index contributed by atoms with van der Waals surface area (Å²) in [5, 5.41) is 0.677. The van der Waals surface area contributed by atoms with Gasteiger partial charge in [-0.15, -0.1) is 0 Å². The Hall–Kier alpha value is -2.29. The molecule has 1 aromatic heterocycles. The highest BCUT2D eigenvalue weighted by molar-refractivity contribution is 7.91. The van der Waals surface area contributed by atoms with Crippen LogP contribution in [0.25, 0.3) is 10.2 Å². The summed E-state index contributed by atoms with van der Waals surface area (Å²) in [5.41, 5.74) is 3.04. The lowest BCUT2D eigenvalue weighted by Gasteiger charge is -2.21. The van der Waals surface area contributed by atoms with E-state index in [1.54, 1.807) is 29.2 Å². The van der Waals surface area contributed by atoms with E-state index in [-0.39, 0.29) is 24.5 Å². The number of amides is 1. The van der Waals surface area contributed by atoms with Crippen molar-refractivity contribution < 1.29 is 13.2 Å². The number of hydrogen-bond donors (Lipinski definition) is 0. The summed E-state index contributed by atoms with van der Waals surface area (Å²) in [6, 6.07) is 12.9. The van der Waals surface area contributed by atoms with E-state index in [4.69, 9.17) is 0 Å². The lowest BCUT2D eigenvalue weighted by Crippen LogP contribution is -2.33. The second-order valence-electron chi connectivity index (χ2n) is 8.41. The Labute approximate surface area is 194 Å². The number of nitrogens with zero attached hydrogens (tertiary/aromatic N) is 3. The maximum absolute atomic E-state index is 13.1. The third-order valence-corrected chi connectivity index (χ3v) is 8.09. The molecule has 0 spiro atoms. The van der Waals surface area contributed by atoms with Gasteiger partial charge in [-0.25, -0.2) is 13.4 Å². The molecule has 6 nitrogen and oxygen atoms in total. The number of sulfone groups is 1. The van der Waals surface area contributed by atoms with Crippen molar-refractivity contribution in [2.75, 3.05) is 37.8 Å². The molecule has 3 aromatic rings. The molecular weight excluding hydrogens is 442 g/mol. The van der Waals surface area contributed by atoms with Gasteiger partial charge in [0.25, 0.3) is 0 Å². The molecule has 0 atom stereocenters. The van der Waals surface area contributed by atoms with Crippen LogP contribution >= 0.6 is 11.3 Å². The Morgan fingerprint density at radius 3 is 2.34 bits per heavy atom. The number of thiazole rings is 1. The molecule has 0 aliphatic carbocycles. The van der Waals surface area contributed by atoms with Crippen LogP contribution in [0.5, 0.6) is 0 Å². The van der Waals surface area contributed by atoms with Crippen LogP contribution in [-0.4, -0.2) is 57.1 Å². The number of hydrogen-bond acceptors (Lipinski definition) is 6. The van der Waals surface area contributed by atoms with Gasteiger partial charge in [0.15, 0.2) is 15.0 Å². The van der Waals surface area contributed by atoms with E-state index < -0.39 is 9.84 Å². The fourth-order valence-corrected chi connectivity index (χ4v) is 5.84. The fraction of sp³-hybridized carbons (Fsp3) is 0.417. The average Bonchev–Trinajstić information content (AvgIpc) is 3.13. The van der Waals surface area contributed by atoms with Crippen molar-refractivity contribution >= 4 is 42.4 Å². The summed E-state index contributed by atoms with van der Waals surface area (Å²) in [4.78, 5) is 21.9. The maximum Gasteiger partial charge on any atom is 0.228 e. The third-order valence-electron chi connectivity index (χ3n) is 5.24. The highest BCUT2D eigenvalue weighted by atomic mass is 32.2. The molecule has 0 N–H and O–H groups in total. The minimum atomic E-state index is -3.41. The lowest BCUT2D eigenvalue weighted by atomic mass is 10.2. The van der Waals surface area contributed by atoms with E-state index in [0.717, 1.165) is 34.3 Å². The first kappa shape index (κ1) is 24.4. The van der Waals surface area contributed by atoms with Gasteiger partial charge in [0.2, 0.25) is 5.91 Å². The minimum Gasteiger partial charge on any atom is -0.309 e. The van der Waals surface area contributed by atoms with Crippen molar-refractivity contribution in [3.8, 4) is 0 Å². The predicted octanol–water partition coefficient (Wildman–Crippen LogP) is 4.45. The molecule has 0 bridgehead atoms. The Kier molecular flexibility index (Phi) is 8.03. The normalized spacial score (nSPS) is 11.9. The molecule has 0 aliphatic rings. The monoisotopic (exact) mass is 473 g/mol. The number of carbonyl (C=O) groups is 1. The molecule has 172 valence electrons. The molecule has 32 heavy (non-hydrogen) atoms. The summed E-state index contributed by atoms with van der Waals surface area (Å²) < 4.78 is 26.3. The zero-order chi connectivity index (χ0) is 23.3. The molecule has 2 aromatic carbocycles. The van der Waals surface area contributed by atoms with Gasteiger partial charge in [-0.3, -0.25) is 9.69 Å². The molecule has 0 saturated carbocycles. The average molecular weight is 474 g/mol. The van der Waals surface area contributed by atoms with Crippen LogP contribution in [0, 0.1) is 13.8 Å². The van der Waals surface area contributed by atoms with E-state index >= 15 is 0 Å². The molecule has 0 unspecified atom stereocenters. The number of aryl methyl sites for hydroxylation is 2. The smallest absolute Gasteiger partial charge is 0.228 e. The van der Waals surface area contributed by atoms with Crippen LogP contribution < -0.4 is 4.90 Å². The second-order valence-corrected chi connectivity index (χ2v) is 11.5. The Morgan fingerprint density at radius 1 is 0.969 bits per heavy atom. The maximum atomic E-state index is 13.1. The van der Waals surface area contributed by atoms with Gasteiger partial charge in [0.1, 0.15) is 0 Å². The molecule has 0 radical (unpaired) electrons. The van der Waals surface area contributed by atoms with Crippen molar-refractivity contribution in [1.29, 1.82) is 0 Å². The van der Waals surface area contributed by atoms with Crippen LogP contribution in [0.4, 0.5) is 5.13 Å². The Morgan fingerprint density at radius 2 is 1.66 bits per heavy atom. The zero-order valence-electron chi connectivity index (χ0n) is 19.2. The summed E-state index contributed by atoms with van der Waals surface area (Å²) in [7, 11) is 0.598. The number of aromatic nitrogens is 1. The standard InChI is InChI=1S/C24H31N3O3S2/c1-18-8-11-20(12-9-18)32(29,30)16-5-7-23(28)27(15-6-14-26(3)4)24-25-21-13-10-19(2)17-22(21)31-24/h8-13,17H,5-7,14-16H2,1-4H3. The summed E-state index contributed by atoms with van der Waals surface area (Å²) in [5.74, 6) is -0.134. The highest BCUT2D eigenvalue weighted by Gasteiger charge is 2.21. The first-order valence-corrected chi connectivity index (χ1v) is 13.2. The van der Waals surface area contributed by atoms with Crippen molar-refractivity contribution in [1.82, 2.24) is 9.88 Å². The van der Waals surface area contributed by atoms with E-state index in [1.165, 1.54) is 11.3 Å². The van der Waals surface area contributed by atoms with Crippen LogP contribution in [-0.2, 0) is 14.6 Å². The van der Waals surface area contributed by atoms with E-state index in [2.05, 4.69) is 16.0 Å². The van der Waals surface area contributed by atoms with Gasteiger partial charge < -0.3 is 4.90 Å². The van der Waals surface area contributed by atoms with Crippen molar-refractivity contribution in [3.63, 3.8) is 0 Å². The topological polar surface area (TPSA) is 70.6 Å². The molecule has 3 rings (SSSR count). The minimum absolute atomic E-state index is 0.0492. The van der Waals surface area contributed by atoms with Gasteiger partial charge in [-0.1, -0.05) is 35.1 Å². The van der Waals surface area contributed by atoms with E-state index in [1.807, 2.05) is 40.1 Å². The molecule has 8 heteroatoms. The van der Waals surface area contributed by atoms with Crippen LogP contribution in [0.1, 0.15) is 30.4 Å². The number of benzene rings is 2. The van der Waals surface area contributed by atoms with Gasteiger partial charge in [-0.05, 0) is 77.2 Å². The van der Waals surface area contributed by atoms with E-state index in [9.17, 15) is 13.2 Å². The Bertz CT molecular complexity index is 1170. The number of fused-ring (bicyclic) bond motifs is 1. The zero-order valence-corrected chi connectivity index (χ0v) is 20.8. The summed E-state index contributed by atoms with van der Waals surface area (Å²) in [6.45, 7) is 5.37. The lowest BCUT2D eigenvalue weighted by molar-refractivity contribution is -0.118. The van der Waals surface area contributed by atoms with Crippen LogP contribution in [0.2, 0.25) is 0 Å². The quantitative estimate of drug-likeness (QED) is 0.435. The third kappa shape index (κ3) is 6.37. The molecule has 0 fully saturated rings. The SMILES string of the molecule is Cc1ccc(S(=O)(=O)CCCC(=O)N(CCCN(C)C)c2nc3ccc(C)cc3s2)cc1. The molecular formula is C24H31N3O3S2. The van der Waals surface area contributed by atoms with Gasteiger partial charge in [0.05, 0.1) is 20.9 Å². The van der Waals surface area contributed by atoms with Gasteiger partial charge in [-0.2, -0.15) is 0 Å². The summed E-state index contributed by atoms with van der Waals surface area (Å²) >= 11 is 1.51. The number of anilines is 1. The number of carbonyl (C=O) groups excluding carboxylic acids is 1. The first-order chi connectivity index (χ1) is 15.2.